The van der Waals surface area contributed by atoms with Gasteiger partial charge in [0.25, 0.3) is 0 Å². The summed E-state index contributed by atoms with van der Waals surface area (Å²) >= 11 is 0. The fourth-order valence-electron chi connectivity index (χ4n) is 1.75. The molecule has 0 heterocycles. The minimum atomic E-state index is -0.264. The van der Waals surface area contributed by atoms with E-state index in [1.54, 1.807) is 12.1 Å². The summed E-state index contributed by atoms with van der Waals surface area (Å²) in [5.74, 6) is 0.897. The number of benzene rings is 1. The average molecular weight is 239 g/mol. The van der Waals surface area contributed by atoms with Crippen molar-refractivity contribution in [2.24, 2.45) is 11.7 Å². The van der Waals surface area contributed by atoms with Gasteiger partial charge in [-0.2, -0.15) is 0 Å². The summed E-state index contributed by atoms with van der Waals surface area (Å²) in [6.07, 6.45) is 1.71. The van der Waals surface area contributed by atoms with E-state index in [9.17, 15) is 4.39 Å². The zero-order chi connectivity index (χ0) is 12.8. The van der Waals surface area contributed by atoms with E-state index in [4.69, 9.17) is 10.5 Å². The van der Waals surface area contributed by atoms with E-state index in [-0.39, 0.29) is 11.9 Å². The predicted molar refractivity (Wildman–Crippen MR) is 68.6 cm³/mol. The van der Waals surface area contributed by atoms with Gasteiger partial charge < -0.3 is 10.5 Å². The molecule has 2 N–H and O–H groups in total. The lowest BCUT2D eigenvalue weighted by Crippen LogP contribution is -2.14. The highest BCUT2D eigenvalue weighted by molar-refractivity contribution is 5.31. The van der Waals surface area contributed by atoms with Gasteiger partial charge in [0.15, 0.2) is 0 Å². The normalized spacial score (nSPS) is 12.8. The Hall–Kier alpha value is -1.09. The van der Waals surface area contributed by atoms with E-state index >= 15 is 0 Å². The molecule has 0 fully saturated rings. The van der Waals surface area contributed by atoms with Crippen LogP contribution in [0.3, 0.4) is 0 Å². The van der Waals surface area contributed by atoms with Gasteiger partial charge in [0.2, 0.25) is 0 Å². The first-order chi connectivity index (χ1) is 8.04. The predicted octanol–water partition coefficient (Wildman–Crippen LogP) is 3.66. The summed E-state index contributed by atoms with van der Waals surface area (Å²) in [5.41, 5.74) is 6.55. The van der Waals surface area contributed by atoms with Crippen LogP contribution in [0.2, 0.25) is 0 Å². The summed E-state index contributed by atoms with van der Waals surface area (Å²) < 4.78 is 19.1. The van der Waals surface area contributed by atoms with Crippen LogP contribution in [0.4, 0.5) is 4.39 Å². The summed E-state index contributed by atoms with van der Waals surface area (Å²) in [5, 5.41) is 0. The van der Waals surface area contributed by atoms with Gasteiger partial charge in [0.05, 0.1) is 6.61 Å². The Morgan fingerprint density at radius 1 is 1.35 bits per heavy atom. The Balaban J connectivity index is 2.81. The topological polar surface area (TPSA) is 35.2 Å². The van der Waals surface area contributed by atoms with Crippen molar-refractivity contribution in [2.45, 2.75) is 39.7 Å². The van der Waals surface area contributed by atoms with Crippen LogP contribution in [0.1, 0.15) is 45.2 Å². The molecule has 0 spiro atoms. The summed E-state index contributed by atoms with van der Waals surface area (Å²) in [4.78, 5) is 0. The summed E-state index contributed by atoms with van der Waals surface area (Å²) in [6, 6.07) is 4.54. The first-order valence-electron chi connectivity index (χ1n) is 6.22. The van der Waals surface area contributed by atoms with Gasteiger partial charge >= 0.3 is 0 Å². The lowest BCUT2D eigenvalue weighted by atomic mass is 9.97. The van der Waals surface area contributed by atoms with Crippen molar-refractivity contribution in [1.82, 2.24) is 0 Å². The van der Waals surface area contributed by atoms with Gasteiger partial charge in [0, 0.05) is 11.6 Å². The van der Waals surface area contributed by atoms with E-state index in [2.05, 4.69) is 13.8 Å². The van der Waals surface area contributed by atoms with Crippen LogP contribution in [0.25, 0.3) is 0 Å². The zero-order valence-corrected chi connectivity index (χ0v) is 10.9. The number of hydrogen-bond donors (Lipinski definition) is 1. The van der Waals surface area contributed by atoms with Crippen LogP contribution < -0.4 is 10.5 Å². The van der Waals surface area contributed by atoms with Gasteiger partial charge in [-0.05, 0) is 37.0 Å². The van der Waals surface area contributed by atoms with Gasteiger partial charge in [0.1, 0.15) is 11.6 Å². The molecule has 96 valence electrons. The monoisotopic (exact) mass is 239 g/mol. The lowest BCUT2D eigenvalue weighted by molar-refractivity contribution is 0.316. The second kappa shape index (κ2) is 6.60. The Labute approximate surface area is 103 Å². The van der Waals surface area contributed by atoms with Crippen LogP contribution in [0.15, 0.2) is 18.2 Å². The van der Waals surface area contributed by atoms with Crippen molar-refractivity contribution in [2.75, 3.05) is 6.61 Å². The number of ether oxygens (including phenoxy) is 1. The molecule has 0 saturated heterocycles. The molecule has 0 aliphatic carbocycles. The maximum Gasteiger partial charge on any atom is 0.128 e. The van der Waals surface area contributed by atoms with Crippen molar-refractivity contribution >= 4 is 0 Å². The van der Waals surface area contributed by atoms with Crippen molar-refractivity contribution < 1.29 is 9.13 Å². The first-order valence-corrected chi connectivity index (χ1v) is 6.22. The molecule has 0 aromatic heterocycles. The Bertz CT molecular complexity index is 352. The molecule has 1 rings (SSSR count). The number of nitrogens with two attached hydrogens (primary N) is 1. The molecule has 17 heavy (non-hydrogen) atoms. The number of halogens is 1. The van der Waals surface area contributed by atoms with Crippen LogP contribution in [-0.2, 0) is 0 Å². The van der Waals surface area contributed by atoms with Gasteiger partial charge in [-0.1, -0.05) is 20.8 Å². The van der Waals surface area contributed by atoms with Gasteiger partial charge in [-0.15, -0.1) is 0 Å². The fraction of sp³-hybridized carbons (Fsp3) is 0.571. The number of rotatable bonds is 6. The standard InChI is InChI=1S/C14H22FNO/c1-4-7-17-11-5-6-13(15)12(9-11)14(16)8-10(2)3/h5-6,9-10,14H,4,7-8,16H2,1-3H3. The maximum atomic E-state index is 13.7. The Morgan fingerprint density at radius 3 is 2.65 bits per heavy atom. The average Bonchev–Trinajstić information content (AvgIpc) is 2.27. The second-order valence-electron chi connectivity index (χ2n) is 4.77. The molecular weight excluding hydrogens is 217 g/mol. The second-order valence-corrected chi connectivity index (χ2v) is 4.77. The molecule has 3 heteroatoms. The van der Waals surface area contributed by atoms with Crippen LogP contribution in [0, 0.1) is 11.7 Å². The fourth-order valence-corrected chi connectivity index (χ4v) is 1.75. The SMILES string of the molecule is CCCOc1ccc(F)c(C(N)CC(C)C)c1. The lowest BCUT2D eigenvalue weighted by Gasteiger charge is -2.16. The number of hydrogen-bond acceptors (Lipinski definition) is 2. The van der Waals surface area contributed by atoms with E-state index < -0.39 is 0 Å². The molecule has 0 aliphatic heterocycles. The van der Waals surface area contributed by atoms with E-state index in [0.717, 1.165) is 12.8 Å². The van der Waals surface area contributed by atoms with Gasteiger partial charge in [-0.3, -0.25) is 0 Å². The largest absolute Gasteiger partial charge is 0.494 e. The van der Waals surface area contributed by atoms with Crippen molar-refractivity contribution in [3.8, 4) is 5.75 Å². The third kappa shape index (κ3) is 4.35. The van der Waals surface area contributed by atoms with E-state index in [1.165, 1.54) is 6.07 Å². The molecule has 0 radical (unpaired) electrons. The maximum absolute atomic E-state index is 13.7. The third-order valence-electron chi connectivity index (χ3n) is 2.57. The molecule has 2 nitrogen and oxygen atoms in total. The van der Waals surface area contributed by atoms with Gasteiger partial charge in [-0.25, -0.2) is 4.39 Å². The summed E-state index contributed by atoms with van der Waals surface area (Å²) in [7, 11) is 0. The third-order valence-corrected chi connectivity index (χ3v) is 2.57. The molecule has 1 aromatic rings. The van der Waals surface area contributed by atoms with Crippen LogP contribution >= 0.6 is 0 Å². The molecule has 1 atom stereocenters. The highest BCUT2D eigenvalue weighted by atomic mass is 19.1. The molecule has 0 amide bonds. The molecule has 1 aromatic carbocycles. The molecule has 1 unspecified atom stereocenters. The molecular formula is C14H22FNO. The van der Waals surface area contributed by atoms with Crippen molar-refractivity contribution in [1.29, 1.82) is 0 Å². The molecule has 0 aliphatic rings. The first kappa shape index (κ1) is 14.0. The van der Waals surface area contributed by atoms with E-state index in [1.807, 2.05) is 6.92 Å². The highest BCUT2D eigenvalue weighted by Gasteiger charge is 2.14. The quantitative estimate of drug-likeness (QED) is 0.822. The van der Waals surface area contributed by atoms with E-state index in [0.29, 0.717) is 23.8 Å². The minimum Gasteiger partial charge on any atom is -0.494 e. The van der Waals surface area contributed by atoms with Crippen molar-refractivity contribution in [3.63, 3.8) is 0 Å². The Morgan fingerprint density at radius 2 is 2.06 bits per heavy atom. The van der Waals surface area contributed by atoms with Crippen LogP contribution in [0.5, 0.6) is 5.75 Å². The zero-order valence-electron chi connectivity index (χ0n) is 10.9. The van der Waals surface area contributed by atoms with Crippen molar-refractivity contribution in [3.05, 3.63) is 29.6 Å². The molecule has 0 saturated carbocycles. The highest BCUT2D eigenvalue weighted by Crippen LogP contribution is 2.25. The smallest absolute Gasteiger partial charge is 0.128 e. The van der Waals surface area contributed by atoms with Crippen LogP contribution in [-0.4, -0.2) is 6.61 Å². The minimum absolute atomic E-state index is 0.248. The molecule has 0 bridgehead atoms. The summed E-state index contributed by atoms with van der Waals surface area (Å²) in [6.45, 7) is 6.84. The Kier molecular flexibility index (Phi) is 5.42.